The van der Waals surface area contributed by atoms with E-state index in [9.17, 15) is 66.4 Å². The van der Waals surface area contributed by atoms with Crippen molar-refractivity contribution < 1.29 is 132 Å². The Morgan fingerprint density at radius 2 is 1.08 bits per heavy atom. The zero-order valence-electron chi connectivity index (χ0n) is 28.9. The molecule has 42 heteroatoms. The Morgan fingerprint density at radius 3 is 1.45 bits per heavy atom. The van der Waals surface area contributed by atoms with Crippen LogP contribution in [-0.4, -0.2) is 115 Å². The first kappa shape index (κ1) is 54.5. The number of H-pyrrole nitrogens is 1. The van der Waals surface area contributed by atoms with Crippen LogP contribution in [0.25, 0.3) is 0 Å². The van der Waals surface area contributed by atoms with Gasteiger partial charge in [-0.05, 0) is 24.4 Å². The largest absolute Gasteiger partial charge is 0.490 e. The van der Waals surface area contributed by atoms with Crippen molar-refractivity contribution in [3.63, 3.8) is 0 Å². The van der Waals surface area contributed by atoms with E-state index in [2.05, 4.69) is 48.5 Å². The number of nitrogens with one attached hydrogen (secondary N) is 1. The standard InChI is InChI=1S/C10H13FN3O13P3S.C10H12FN2O13P3S2/c1-2-10(16)5(15)7(24-8(10)14-3-4(11)6(12)13-9(14)31)25-29(20,21)27-30(22,23)26-28(17,18)19;1-2-10(15)5(14)7(23-8(10)13-3-4(11)6(30)12-9(13)31)24-28(19,20)26-29(21,22)25-27(16,17)18/h1,3,5,7-8,15-16H,(H,20,21)(H,22,23)(H2,12,13,31)(H2,17,18,19);1,3,5,7-8,14-15H,(H,19,20)(H,21,22)(H,12,30,31)(H2,16,17,18)/t2*5-,7+,8+,10?/m00/s1. The molecule has 2 aromatic rings. The molecule has 348 valence electrons. The van der Waals surface area contributed by atoms with Gasteiger partial charge in [0.05, 0.1) is 0 Å². The summed E-state index contributed by atoms with van der Waals surface area (Å²) in [5.41, 5.74) is -0.319. The molecule has 31 nitrogen and oxygen atoms in total. The average Bonchev–Trinajstić information content (AvgIpc) is 3.45. The highest BCUT2D eigenvalue weighted by molar-refractivity contribution is 7.72. The topological polar surface area (TPSA) is 484 Å². The lowest BCUT2D eigenvalue weighted by Gasteiger charge is -2.26. The lowest BCUT2D eigenvalue weighted by atomic mass is 9.98. The number of aromatic nitrogens is 4. The summed E-state index contributed by atoms with van der Waals surface area (Å²) >= 11 is 14.4. The molecule has 2 saturated heterocycles. The van der Waals surface area contributed by atoms with Crippen molar-refractivity contribution in [3.05, 3.63) is 38.2 Å². The number of rotatable bonds is 14. The van der Waals surface area contributed by atoms with Crippen LogP contribution >= 0.6 is 83.6 Å². The molecule has 2 aliphatic rings. The van der Waals surface area contributed by atoms with Crippen LogP contribution in [0.5, 0.6) is 0 Å². The molecule has 0 saturated carbocycles. The number of nitrogens with two attached hydrogens (primary N) is 1. The third-order valence-corrected chi connectivity index (χ3v) is 15.3. The fourth-order valence-corrected chi connectivity index (χ4v) is 11.4. The first-order valence-corrected chi connectivity index (χ1v) is 24.8. The fraction of sp³-hybridized carbons (Fsp3) is 0.400. The van der Waals surface area contributed by atoms with Crippen LogP contribution in [0.15, 0.2) is 12.4 Å². The molecule has 2 aliphatic heterocycles. The van der Waals surface area contributed by atoms with Crippen LogP contribution in [0.4, 0.5) is 14.6 Å². The summed E-state index contributed by atoms with van der Waals surface area (Å²) in [6.07, 6.45) is -1.87. The predicted octanol–water partition coefficient (Wildman–Crippen LogP) is -0.405. The minimum Gasteiger partial charge on any atom is -0.383 e. The van der Waals surface area contributed by atoms with Gasteiger partial charge in [-0.25, -0.2) is 36.2 Å². The number of phosphoric acid groups is 6. The molecule has 12 atom stereocenters. The highest BCUT2D eigenvalue weighted by Gasteiger charge is 2.60. The molecule has 0 aliphatic carbocycles. The van der Waals surface area contributed by atoms with Crippen LogP contribution < -0.4 is 5.73 Å². The van der Waals surface area contributed by atoms with E-state index in [-0.39, 0.29) is 4.77 Å². The highest BCUT2D eigenvalue weighted by atomic mass is 32.1. The van der Waals surface area contributed by atoms with Gasteiger partial charge in [-0.15, -0.1) is 12.8 Å². The number of hydrogen-bond acceptors (Lipinski definition) is 23. The minimum absolute atomic E-state index is 0.365. The van der Waals surface area contributed by atoms with Gasteiger partial charge in [-0.2, -0.15) is 22.2 Å². The predicted molar refractivity (Wildman–Crippen MR) is 195 cm³/mol. The number of ether oxygens (including phenoxy) is 2. The molecule has 0 amide bonds. The summed E-state index contributed by atoms with van der Waals surface area (Å²) in [7, 11) is -34.6. The summed E-state index contributed by atoms with van der Waals surface area (Å²) in [5, 5.41) is 41.5. The molecule has 4 rings (SSSR count). The molecular formula is C20H25F2N5O26P6S3. The summed E-state index contributed by atoms with van der Waals surface area (Å²) in [6.45, 7) is 0. The van der Waals surface area contributed by atoms with Gasteiger partial charge in [0.25, 0.3) is 0 Å². The smallest absolute Gasteiger partial charge is 0.383 e. The van der Waals surface area contributed by atoms with Gasteiger partial charge in [-0.1, -0.05) is 24.1 Å². The number of phosphoric ester groups is 2. The Balaban J connectivity index is 0.000000330. The van der Waals surface area contributed by atoms with Crippen LogP contribution in [0, 0.1) is 50.5 Å². The Morgan fingerprint density at radius 1 is 0.710 bits per heavy atom. The van der Waals surface area contributed by atoms with Crippen molar-refractivity contribution in [2.24, 2.45) is 0 Å². The van der Waals surface area contributed by atoms with E-state index in [0.717, 1.165) is 0 Å². The normalized spacial score (nSPS) is 30.3. The zero-order chi connectivity index (χ0) is 48.0. The SMILES string of the molecule is C#CC1(O)[C@@H](O)[C@@H](OP(=O)(O)OP(=O)(O)OP(=O)(O)O)O[C@H]1n1cc(F)c(=S)[nH]c1=S.C#CC1(O)[C@@H](O)[C@@H](OP(=O)(O)OP(=O)(O)OP(=O)(O)O)O[C@H]1n1cc(F)c(N)nc1=S. The summed E-state index contributed by atoms with van der Waals surface area (Å²) in [6, 6.07) is 0. The van der Waals surface area contributed by atoms with Gasteiger partial charge >= 0.3 is 46.9 Å². The maximum atomic E-state index is 13.8. The quantitative estimate of drug-likeness (QED) is 0.0650. The molecule has 0 spiro atoms. The Kier molecular flexibility index (Phi) is 16.9. The lowest BCUT2D eigenvalue weighted by molar-refractivity contribution is -0.136. The number of aromatic amines is 1. The Labute approximate surface area is 356 Å². The van der Waals surface area contributed by atoms with Gasteiger partial charge < -0.3 is 79.8 Å². The van der Waals surface area contributed by atoms with Crippen LogP contribution in [-0.2, 0) is 63.2 Å². The Hall–Kier alpha value is -1.82. The van der Waals surface area contributed by atoms with Crippen molar-refractivity contribution in [1.29, 1.82) is 0 Å². The lowest BCUT2D eigenvalue weighted by Crippen LogP contribution is -2.45. The van der Waals surface area contributed by atoms with Crippen LogP contribution in [0.3, 0.4) is 0 Å². The third-order valence-electron chi connectivity index (χ3n) is 6.83. The van der Waals surface area contributed by atoms with Crippen molar-refractivity contribution >= 4 is 89.4 Å². The summed E-state index contributed by atoms with van der Waals surface area (Å²) in [5.74, 6) is 0.586. The molecule has 2 fully saturated rings. The third kappa shape index (κ3) is 13.6. The molecule has 0 aromatic carbocycles. The minimum atomic E-state index is -5.88. The van der Waals surface area contributed by atoms with Gasteiger partial charge in [0.2, 0.25) is 28.6 Å². The van der Waals surface area contributed by atoms with Crippen molar-refractivity contribution in [3.8, 4) is 24.7 Å². The van der Waals surface area contributed by atoms with E-state index in [0.29, 0.717) is 21.5 Å². The second-order valence-corrected chi connectivity index (χ2v) is 21.1. The second kappa shape index (κ2) is 19.2. The number of anilines is 1. The second-order valence-electron chi connectivity index (χ2n) is 11.2. The van der Waals surface area contributed by atoms with E-state index in [4.69, 9.17) is 81.9 Å². The molecule has 2 aromatic heterocycles. The first-order chi connectivity index (χ1) is 27.8. The van der Waals surface area contributed by atoms with Crippen molar-refractivity contribution in [2.75, 3.05) is 5.73 Å². The number of aliphatic hydroxyl groups excluding tert-OH is 2. The van der Waals surface area contributed by atoms with E-state index in [1.807, 2.05) is 0 Å². The number of hydrogen-bond donors (Lipinski definition) is 14. The molecular weight excluding hydrogens is 1050 g/mol. The van der Waals surface area contributed by atoms with Gasteiger partial charge in [0, 0.05) is 12.4 Å². The van der Waals surface area contributed by atoms with E-state index in [1.165, 1.54) is 0 Å². The number of nitrogens with zero attached hydrogens (tertiary/aromatic N) is 3. The van der Waals surface area contributed by atoms with Gasteiger partial charge in [0.1, 0.15) is 16.8 Å². The number of terminal acetylenes is 2. The molecule has 0 bridgehead atoms. The van der Waals surface area contributed by atoms with Gasteiger partial charge in [-0.3, -0.25) is 18.2 Å². The highest BCUT2D eigenvalue weighted by Crippen LogP contribution is 2.68. The average molecular weight is 1070 g/mol. The fourth-order valence-electron chi connectivity index (χ4n) is 4.47. The molecule has 0 radical (unpaired) electrons. The van der Waals surface area contributed by atoms with Crippen LogP contribution in [0.1, 0.15) is 12.5 Å². The van der Waals surface area contributed by atoms with Crippen molar-refractivity contribution in [2.45, 2.75) is 48.4 Å². The summed E-state index contributed by atoms with van der Waals surface area (Å²) in [4.78, 5) is 77.1. The van der Waals surface area contributed by atoms with E-state index < -0.39 is 122 Å². The molecule has 4 heterocycles. The van der Waals surface area contributed by atoms with E-state index in [1.54, 1.807) is 11.8 Å². The molecule has 6 unspecified atom stereocenters. The monoisotopic (exact) mass is 1070 g/mol. The molecule has 62 heavy (non-hydrogen) atoms. The van der Waals surface area contributed by atoms with Gasteiger partial charge in [0.15, 0.2) is 34.7 Å². The first-order valence-electron chi connectivity index (χ1n) is 14.6. The maximum absolute atomic E-state index is 13.8. The van der Waals surface area contributed by atoms with Crippen LogP contribution in [0.2, 0.25) is 0 Å². The summed E-state index contributed by atoms with van der Waals surface area (Å²) < 4.78 is 128. The maximum Gasteiger partial charge on any atom is 0.490 e. The number of nitrogen functional groups attached to an aromatic ring is 1. The Bertz CT molecular complexity index is 2650. The van der Waals surface area contributed by atoms with E-state index >= 15 is 0 Å². The number of aliphatic hydroxyl groups is 4. The zero-order valence-corrected chi connectivity index (χ0v) is 36.8. The van der Waals surface area contributed by atoms with Crippen molar-refractivity contribution in [1.82, 2.24) is 19.1 Å². The number of halogens is 2. The molecule has 15 N–H and O–H groups in total.